The second-order valence-electron chi connectivity index (χ2n) is 6.36. The number of benzene rings is 1. The van der Waals surface area contributed by atoms with E-state index in [0.717, 1.165) is 19.3 Å². The molecule has 3 heteroatoms. The number of rotatable bonds is 5. The van der Waals surface area contributed by atoms with Gasteiger partial charge >= 0.3 is 0 Å². The highest BCUT2D eigenvalue weighted by atomic mass is 19.3. The highest BCUT2D eigenvalue weighted by Crippen LogP contribution is 2.37. The van der Waals surface area contributed by atoms with Crippen molar-refractivity contribution in [1.29, 1.82) is 0 Å². The first kappa shape index (κ1) is 16.8. The summed E-state index contributed by atoms with van der Waals surface area (Å²) in [6.45, 7) is 0.467. The van der Waals surface area contributed by atoms with E-state index in [1.165, 1.54) is 27.8 Å². The Kier molecular flexibility index (Phi) is 5.41. The number of alkyl halides is 2. The van der Waals surface area contributed by atoms with E-state index in [4.69, 9.17) is 0 Å². The fraction of sp³-hybridized carbons (Fsp3) is 0.333. The third-order valence-corrected chi connectivity index (χ3v) is 4.56. The van der Waals surface area contributed by atoms with Gasteiger partial charge in [-0.2, -0.15) is 0 Å². The number of hydrogen-bond donors (Lipinski definition) is 0. The van der Waals surface area contributed by atoms with E-state index in [1.807, 2.05) is 0 Å². The van der Waals surface area contributed by atoms with E-state index in [9.17, 15) is 8.78 Å². The molecular weight excluding hydrogens is 304 g/mol. The van der Waals surface area contributed by atoms with Gasteiger partial charge in [0.05, 0.1) is 6.54 Å². The third-order valence-electron chi connectivity index (χ3n) is 4.56. The van der Waals surface area contributed by atoms with Crippen molar-refractivity contribution >= 4 is 5.57 Å². The molecule has 3 rings (SSSR count). The normalized spacial score (nSPS) is 18.3. The summed E-state index contributed by atoms with van der Waals surface area (Å²) in [7, 11) is 1.75. The Morgan fingerprint density at radius 1 is 1.21 bits per heavy atom. The average molecular weight is 327 g/mol. The van der Waals surface area contributed by atoms with Crippen molar-refractivity contribution in [3.8, 4) is 0 Å². The minimum atomic E-state index is -2.28. The number of allylic oxidation sites excluding steroid dienone is 7. The van der Waals surface area contributed by atoms with Crippen molar-refractivity contribution in [2.45, 2.75) is 25.7 Å². The fourth-order valence-electron chi connectivity index (χ4n) is 3.35. The summed E-state index contributed by atoms with van der Waals surface area (Å²) < 4.78 is 24.9. The maximum absolute atomic E-state index is 12.5. The second kappa shape index (κ2) is 7.71. The first-order valence-electron chi connectivity index (χ1n) is 8.47. The van der Waals surface area contributed by atoms with Crippen LogP contribution in [-0.2, 0) is 6.42 Å². The average Bonchev–Trinajstić information content (AvgIpc) is 2.72. The molecule has 0 N–H and O–H groups in total. The first-order chi connectivity index (χ1) is 11.6. The van der Waals surface area contributed by atoms with Gasteiger partial charge < -0.3 is 4.90 Å². The van der Waals surface area contributed by atoms with Gasteiger partial charge in [0.15, 0.2) is 0 Å². The van der Waals surface area contributed by atoms with Gasteiger partial charge in [-0.3, -0.25) is 0 Å². The van der Waals surface area contributed by atoms with Crippen molar-refractivity contribution in [1.82, 2.24) is 4.90 Å². The Hall–Kier alpha value is -2.00. The predicted octanol–water partition coefficient (Wildman–Crippen LogP) is 5.03. The molecule has 126 valence electrons. The minimum Gasteiger partial charge on any atom is -0.301 e. The SMILES string of the molecule is CN(CCC=C1C2=CC=CCC2=CCc2ccccc21)CC(F)F. The van der Waals surface area contributed by atoms with Crippen LogP contribution in [-0.4, -0.2) is 31.5 Å². The zero-order chi connectivity index (χ0) is 16.9. The van der Waals surface area contributed by atoms with Crippen LogP contribution >= 0.6 is 0 Å². The Labute approximate surface area is 142 Å². The molecule has 0 spiro atoms. The molecule has 1 aromatic carbocycles. The summed E-state index contributed by atoms with van der Waals surface area (Å²) in [6, 6.07) is 8.49. The lowest BCUT2D eigenvalue weighted by Crippen LogP contribution is -2.25. The lowest BCUT2D eigenvalue weighted by Gasteiger charge is -2.18. The fourth-order valence-corrected chi connectivity index (χ4v) is 3.35. The molecular formula is C21H23F2N. The Balaban J connectivity index is 1.87. The van der Waals surface area contributed by atoms with Crippen LogP contribution in [0, 0.1) is 0 Å². The summed E-state index contributed by atoms with van der Waals surface area (Å²) >= 11 is 0. The van der Waals surface area contributed by atoms with Gasteiger partial charge in [-0.25, -0.2) is 8.78 Å². The van der Waals surface area contributed by atoms with Crippen LogP contribution in [0.2, 0.25) is 0 Å². The van der Waals surface area contributed by atoms with Gasteiger partial charge in [-0.05, 0) is 54.2 Å². The summed E-state index contributed by atoms with van der Waals surface area (Å²) in [6.07, 6.45) is 11.4. The molecule has 0 aliphatic heterocycles. The van der Waals surface area contributed by atoms with E-state index in [0.29, 0.717) is 6.54 Å². The maximum atomic E-state index is 12.5. The topological polar surface area (TPSA) is 3.24 Å². The molecule has 0 saturated carbocycles. The highest BCUT2D eigenvalue weighted by molar-refractivity contribution is 5.87. The van der Waals surface area contributed by atoms with Gasteiger partial charge in [-0.1, -0.05) is 54.6 Å². The molecule has 0 amide bonds. The molecule has 2 aliphatic rings. The van der Waals surface area contributed by atoms with Crippen LogP contribution in [0.4, 0.5) is 8.78 Å². The van der Waals surface area contributed by atoms with Gasteiger partial charge in [0.25, 0.3) is 6.43 Å². The van der Waals surface area contributed by atoms with Crippen LogP contribution in [0.25, 0.3) is 5.57 Å². The van der Waals surface area contributed by atoms with Gasteiger partial charge in [0.2, 0.25) is 0 Å². The van der Waals surface area contributed by atoms with Crippen molar-refractivity contribution in [3.05, 3.63) is 76.9 Å². The quantitative estimate of drug-likeness (QED) is 0.733. The van der Waals surface area contributed by atoms with Gasteiger partial charge in [0, 0.05) is 6.54 Å². The smallest absolute Gasteiger partial charge is 0.251 e. The summed E-state index contributed by atoms with van der Waals surface area (Å²) in [5, 5.41) is 0. The van der Waals surface area contributed by atoms with E-state index < -0.39 is 6.43 Å². The Morgan fingerprint density at radius 2 is 2.04 bits per heavy atom. The highest BCUT2D eigenvalue weighted by Gasteiger charge is 2.19. The van der Waals surface area contributed by atoms with Crippen LogP contribution in [0.3, 0.4) is 0 Å². The standard InChI is InChI=1S/C21H23F2N/c1-24(15-21(22)23)14-6-11-20-18-9-4-2-7-16(18)12-13-17-8-3-5-10-19(17)20/h2-5,7,9-11,13,21H,6,8,12,14-15H2,1H3. The molecule has 0 saturated heterocycles. The predicted molar refractivity (Wildman–Crippen MR) is 96.2 cm³/mol. The molecule has 0 unspecified atom stereocenters. The third kappa shape index (κ3) is 3.90. The van der Waals surface area contributed by atoms with E-state index in [2.05, 4.69) is 54.6 Å². The zero-order valence-corrected chi connectivity index (χ0v) is 14.0. The lowest BCUT2D eigenvalue weighted by atomic mass is 9.88. The van der Waals surface area contributed by atoms with Crippen LogP contribution < -0.4 is 0 Å². The van der Waals surface area contributed by atoms with Crippen molar-refractivity contribution in [2.24, 2.45) is 0 Å². The number of nitrogens with zero attached hydrogens (tertiary/aromatic N) is 1. The van der Waals surface area contributed by atoms with Crippen molar-refractivity contribution in [3.63, 3.8) is 0 Å². The summed E-state index contributed by atoms with van der Waals surface area (Å²) in [5.74, 6) is 0. The maximum Gasteiger partial charge on any atom is 0.251 e. The Morgan fingerprint density at radius 3 is 2.88 bits per heavy atom. The summed E-state index contributed by atoms with van der Waals surface area (Å²) in [5.41, 5.74) is 6.47. The van der Waals surface area contributed by atoms with Crippen molar-refractivity contribution < 1.29 is 8.78 Å². The zero-order valence-electron chi connectivity index (χ0n) is 14.0. The van der Waals surface area contributed by atoms with Crippen LogP contribution in [0.1, 0.15) is 24.0 Å². The van der Waals surface area contributed by atoms with Crippen LogP contribution in [0.5, 0.6) is 0 Å². The van der Waals surface area contributed by atoms with E-state index in [1.54, 1.807) is 11.9 Å². The second-order valence-corrected chi connectivity index (χ2v) is 6.36. The van der Waals surface area contributed by atoms with Crippen molar-refractivity contribution in [2.75, 3.05) is 20.1 Å². The number of hydrogen-bond acceptors (Lipinski definition) is 1. The van der Waals surface area contributed by atoms with Crippen LogP contribution in [0.15, 0.2) is 65.8 Å². The molecule has 2 aliphatic carbocycles. The molecule has 0 bridgehead atoms. The minimum absolute atomic E-state index is 0.170. The van der Waals surface area contributed by atoms with E-state index in [-0.39, 0.29) is 6.54 Å². The Bertz CT molecular complexity index is 710. The lowest BCUT2D eigenvalue weighted by molar-refractivity contribution is 0.101. The summed E-state index contributed by atoms with van der Waals surface area (Å²) in [4.78, 5) is 1.69. The molecule has 0 aromatic heterocycles. The molecule has 0 fully saturated rings. The van der Waals surface area contributed by atoms with Gasteiger partial charge in [0.1, 0.15) is 0 Å². The van der Waals surface area contributed by atoms with E-state index >= 15 is 0 Å². The van der Waals surface area contributed by atoms with Gasteiger partial charge in [-0.15, -0.1) is 0 Å². The first-order valence-corrected chi connectivity index (χ1v) is 8.47. The largest absolute Gasteiger partial charge is 0.301 e. The molecule has 0 radical (unpaired) electrons. The molecule has 0 atom stereocenters. The molecule has 24 heavy (non-hydrogen) atoms. The molecule has 1 nitrogen and oxygen atoms in total. The number of fused-ring (bicyclic) bond motifs is 2. The number of halogens is 2. The monoisotopic (exact) mass is 327 g/mol. The molecule has 1 aromatic rings. The molecule has 0 heterocycles.